The molecule has 1 aliphatic rings. The van der Waals surface area contributed by atoms with Crippen molar-refractivity contribution in [3.8, 4) is 0 Å². The maximum atomic E-state index is 11.4. The Morgan fingerprint density at radius 1 is 1.13 bits per heavy atom. The van der Waals surface area contributed by atoms with Crippen molar-refractivity contribution >= 4 is 38.5 Å². The number of carbonyl (C=O) groups excluding carboxylic acids is 1. The number of nitrogens with one attached hydrogen (secondary N) is 1. The van der Waals surface area contributed by atoms with Crippen molar-refractivity contribution in [2.45, 2.75) is 24.3 Å². The van der Waals surface area contributed by atoms with Gasteiger partial charge in [-0.25, -0.2) is 23.5 Å². The summed E-state index contributed by atoms with van der Waals surface area (Å²) in [5, 5.41) is 9.17. The molecule has 5 N–H and O–H groups in total. The number of benzene rings is 2. The monoisotopic (exact) mass is 440 g/mol. The first-order chi connectivity index (χ1) is 14.8. The molecular weight excluding hydrogens is 416 g/mol. The van der Waals surface area contributed by atoms with Crippen LogP contribution in [0.15, 0.2) is 53.6 Å². The second kappa shape index (κ2) is 8.58. The number of nitrogens with zero attached hydrogens (tertiary/aromatic N) is 3. The average molecular weight is 441 g/mol. The van der Waals surface area contributed by atoms with Crippen LogP contribution in [0.4, 0.5) is 11.6 Å². The molecule has 0 atom stereocenters. The SMILES string of the molecule is NC(=O)C1CCN(Cc2cccc3cnc(Nc4ccc(S(N)(=O)=O)cc4)nc23)CC1. The summed E-state index contributed by atoms with van der Waals surface area (Å²) in [5.74, 6) is 0.156. The third-order valence-corrected chi connectivity index (χ3v) is 6.45. The zero-order chi connectivity index (χ0) is 22.0. The molecule has 1 aromatic heterocycles. The number of primary amides is 1. The van der Waals surface area contributed by atoms with Crippen molar-refractivity contribution in [2.24, 2.45) is 16.8 Å². The van der Waals surface area contributed by atoms with E-state index in [2.05, 4.69) is 20.2 Å². The van der Waals surface area contributed by atoms with E-state index in [0.29, 0.717) is 11.6 Å². The van der Waals surface area contributed by atoms with E-state index in [1.165, 1.54) is 12.1 Å². The van der Waals surface area contributed by atoms with Gasteiger partial charge in [-0.1, -0.05) is 18.2 Å². The lowest BCUT2D eigenvalue weighted by Gasteiger charge is -2.30. The van der Waals surface area contributed by atoms with Gasteiger partial charge in [0.25, 0.3) is 0 Å². The van der Waals surface area contributed by atoms with E-state index in [0.717, 1.165) is 48.9 Å². The highest BCUT2D eigenvalue weighted by Crippen LogP contribution is 2.24. The minimum absolute atomic E-state index is 0.0393. The Morgan fingerprint density at radius 3 is 2.48 bits per heavy atom. The van der Waals surface area contributed by atoms with Crippen LogP contribution in [0.25, 0.3) is 10.9 Å². The van der Waals surface area contributed by atoms with Crippen LogP contribution >= 0.6 is 0 Å². The standard InChI is InChI=1S/C21H24N6O3S/c22-20(28)14-8-10-27(11-9-14)13-16-3-1-2-15-12-24-21(26-19(15)16)25-17-4-6-18(7-5-17)31(23,29)30/h1-7,12,14H,8-11,13H2,(H2,22,28)(H2,23,29,30)(H,24,25,26). The van der Waals surface area contributed by atoms with E-state index in [9.17, 15) is 13.2 Å². The van der Waals surface area contributed by atoms with Crippen molar-refractivity contribution in [3.05, 3.63) is 54.2 Å². The minimum Gasteiger partial charge on any atom is -0.369 e. The number of fused-ring (bicyclic) bond motifs is 1. The number of hydrogen-bond acceptors (Lipinski definition) is 7. The van der Waals surface area contributed by atoms with Gasteiger partial charge in [0.05, 0.1) is 10.4 Å². The largest absolute Gasteiger partial charge is 0.369 e. The molecule has 1 fully saturated rings. The molecule has 162 valence electrons. The van der Waals surface area contributed by atoms with Gasteiger partial charge < -0.3 is 11.1 Å². The van der Waals surface area contributed by atoms with E-state index >= 15 is 0 Å². The number of amides is 1. The van der Waals surface area contributed by atoms with E-state index < -0.39 is 10.0 Å². The number of sulfonamides is 1. The van der Waals surface area contributed by atoms with E-state index in [1.807, 2.05) is 18.2 Å². The summed E-state index contributed by atoms with van der Waals surface area (Å²) in [6.07, 6.45) is 3.30. The molecule has 31 heavy (non-hydrogen) atoms. The maximum absolute atomic E-state index is 11.4. The lowest BCUT2D eigenvalue weighted by molar-refractivity contribution is -0.123. The number of nitrogens with two attached hydrogens (primary N) is 2. The zero-order valence-corrected chi connectivity index (χ0v) is 17.7. The molecule has 0 spiro atoms. The first-order valence-corrected chi connectivity index (χ1v) is 11.5. The molecule has 0 aliphatic carbocycles. The molecule has 0 saturated carbocycles. The van der Waals surface area contributed by atoms with E-state index in [-0.39, 0.29) is 16.7 Å². The molecule has 10 heteroatoms. The Kier molecular flexibility index (Phi) is 5.86. The lowest BCUT2D eigenvalue weighted by atomic mass is 9.96. The summed E-state index contributed by atoms with van der Waals surface area (Å²) in [7, 11) is -3.74. The lowest BCUT2D eigenvalue weighted by Crippen LogP contribution is -2.38. The van der Waals surface area contributed by atoms with E-state index in [1.54, 1.807) is 18.3 Å². The van der Waals surface area contributed by atoms with Gasteiger partial charge in [-0.3, -0.25) is 9.69 Å². The predicted octanol–water partition coefficient (Wildman–Crippen LogP) is 1.72. The van der Waals surface area contributed by atoms with Crippen LogP contribution in [-0.4, -0.2) is 42.3 Å². The number of rotatable bonds is 6. The van der Waals surface area contributed by atoms with Crippen molar-refractivity contribution in [1.82, 2.24) is 14.9 Å². The Hall–Kier alpha value is -3.08. The zero-order valence-electron chi connectivity index (χ0n) is 16.9. The number of hydrogen-bond donors (Lipinski definition) is 3. The summed E-state index contributed by atoms with van der Waals surface area (Å²) in [6.45, 7) is 2.36. The van der Waals surface area contributed by atoms with Crippen LogP contribution in [0.3, 0.4) is 0 Å². The van der Waals surface area contributed by atoms with Gasteiger partial charge in [-0.2, -0.15) is 0 Å². The van der Waals surface area contributed by atoms with Crippen LogP contribution in [0, 0.1) is 5.92 Å². The molecule has 9 nitrogen and oxygen atoms in total. The van der Waals surface area contributed by atoms with Gasteiger partial charge in [-0.15, -0.1) is 0 Å². The number of aromatic nitrogens is 2. The van der Waals surface area contributed by atoms with Crippen LogP contribution in [-0.2, 0) is 21.4 Å². The maximum Gasteiger partial charge on any atom is 0.238 e. The molecule has 0 bridgehead atoms. The normalized spacial score (nSPS) is 15.8. The average Bonchev–Trinajstić information content (AvgIpc) is 2.74. The van der Waals surface area contributed by atoms with Gasteiger partial charge in [0, 0.05) is 29.7 Å². The van der Waals surface area contributed by atoms with E-state index in [4.69, 9.17) is 10.9 Å². The molecule has 1 amide bonds. The molecule has 1 aliphatic heterocycles. The number of primary sulfonamides is 1. The van der Waals surface area contributed by atoms with Crippen LogP contribution in [0.1, 0.15) is 18.4 Å². The smallest absolute Gasteiger partial charge is 0.238 e. The summed E-state index contributed by atoms with van der Waals surface area (Å²) in [4.78, 5) is 22.8. The highest BCUT2D eigenvalue weighted by Gasteiger charge is 2.23. The molecule has 0 unspecified atom stereocenters. The summed E-state index contributed by atoms with van der Waals surface area (Å²) >= 11 is 0. The fourth-order valence-corrected chi connectivity index (χ4v) is 4.29. The molecule has 3 aromatic rings. The molecule has 1 saturated heterocycles. The quantitative estimate of drug-likeness (QED) is 0.529. The van der Waals surface area contributed by atoms with Crippen molar-refractivity contribution < 1.29 is 13.2 Å². The molecule has 2 heterocycles. The van der Waals surface area contributed by atoms with Gasteiger partial charge in [0.15, 0.2) is 0 Å². The number of anilines is 2. The first-order valence-electron chi connectivity index (χ1n) is 9.96. The Morgan fingerprint density at radius 2 is 1.84 bits per heavy atom. The van der Waals surface area contributed by atoms with Crippen molar-refractivity contribution in [1.29, 1.82) is 0 Å². The van der Waals surface area contributed by atoms with Gasteiger partial charge in [0.2, 0.25) is 21.9 Å². The fraction of sp³-hybridized carbons (Fsp3) is 0.286. The summed E-state index contributed by atoms with van der Waals surface area (Å²) < 4.78 is 22.8. The molecule has 2 aromatic carbocycles. The fourth-order valence-electron chi connectivity index (χ4n) is 3.78. The summed E-state index contributed by atoms with van der Waals surface area (Å²) in [5.41, 5.74) is 8.00. The highest BCUT2D eigenvalue weighted by molar-refractivity contribution is 7.89. The van der Waals surface area contributed by atoms with Gasteiger partial charge in [0.1, 0.15) is 0 Å². The third-order valence-electron chi connectivity index (χ3n) is 5.52. The molecule has 0 radical (unpaired) electrons. The Labute approximate surface area is 180 Å². The second-order valence-corrected chi connectivity index (χ2v) is 9.26. The highest BCUT2D eigenvalue weighted by atomic mass is 32.2. The van der Waals surface area contributed by atoms with Crippen LogP contribution < -0.4 is 16.2 Å². The minimum atomic E-state index is -3.74. The third kappa shape index (κ3) is 4.98. The second-order valence-electron chi connectivity index (χ2n) is 7.70. The van der Waals surface area contributed by atoms with Crippen LogP contribution in [0.2, 0.25) is 0 Å². The van der Waals surface area contributed by atoms with Crippen molar-refractivity contribution in [3.63, 3.8) is 0 Å². The molecule has 4 rings (SSSR count). The van der Waals surface area contributed by atoms with Crippen LogP contribution in [0.5, 0.6) is 0 Å². The molecular formula is C21H24N6O3S. The topological polar surface area (TPSA) is 144 Å². The van der Waals surface area contributed by atoms with Crippen molar-refractivity contribution in [2.75, 3.05) is 18.4 Å². The first kappa shape index (κ1) is 21.2. The summed E-state index contributed by atoms with van der Waals surface area (Å²) in [6, 6.07) is 12.1. The Balaban J connectivity index is 1.53. The number of piperidine rings is 1. The Bertz CT molecular complexity index is 1210. The number of carbonyl (C=O) groups is 1. The predicted molar refractivity (Wildman–Crippen MR) is 118 cm³/mol. The van der Waals surface area contributed by atoms with Gasteiger partial charge >= 0.3 is 0 Å². The van der Waals surface area contributed by atoms with Gasteiger partial charge in [-0.05, 0) is 55.8 Å². The number of para-hydroxylation sites is 1. The number of likely N-dealkylation sites (tertiary alicyclic amines) is 1.